The monoisotopic (exact) mass is 405 g/mol. The van der Waals surface area contributed by atoms with Crippen molar-refractivity contribution in [3.05, 3.63) is 42.2 Å². The number of aryl methyl sites for hydroxylation is 1. The fourth-order valence-corrected chi connectivity index (χ4v) is 3.87. The lowest BCUT2D eigenvalue weighted by atomic mass is 10.2. The Morgan fingerprint density at radius 3 is 2.63 bits per heavy atom. The van der Waals surface area contributed by atoms with Crippen molar-refractivity contribution in [1.82, 2.24) is 39.0 Å². The number of carbonyl (C=O) groups excluding carboxylic acids is 1. The molecule has 1 saturated heterocycles. The summed E-state index contributed by atoms with van der Waals surface area (Å²) in [5, 5.41) is 4.28. The third-order valence-corrected chi connectivity index (χ3v) is 5.47. The largest absolute Gasteiger partial charge is 0.353 e. The van der Waals surface area contributed by atoms with Crippen molar-refractivity contribution < 1.29 is 4.79 Å². The third kappa shape index (κ3) is 3.04. The Balaban J connectivity index is 1.33. The average molecular weight is 405 g/mol. The molecule has 5 heterocycles. The summed E-state index contributed by atoms with van der Waals surface area (Å²) in [4.78, 5) is 34.6. The molecule has 0 aromatic carbocycles. The van der Waals surface area contributed by atoms with Gasteiger partial charge in [0.05, 0.1) is 11.9 Å². The van der Waals surface area contributed by atoms with Gasteiger partial charge in [-0.3, -0.25) is 4.79 Å². The molecule has 0 spiro atoms. The lowest BCUT2D eigenvalue weighted by molar-refractivity contribution is 0.0746. The number of rotatable bonds is 3. The number of amides is 1. The van der Waals surface area contributed by atoms with Crippen LogP contribution in [0.2, 0.25) is 0 Å². The molecule has 4 aromatic heterocycles. The topological polar surface area (TPSA) is 97.3 Å². The maximum atomic E-state index is 13.0. The Bertz CT molecular complexity index is 1230. The molecular weight excluding hydrogens is 382 g/mol. The summed E-state index contributed by atoms with van der Waals surface area (Å²) in [7, 11) is 0. The minimum absolute atomic E-state index is 0.0139. The highest BCUT2D eigenvalue weighted by Gasteiger charge is 2.25. The maximum Gasteiger partial charge on any atom is 0.255 e. The number of aromatic nitrogens is 7. The van der Waals surface area contributed by atoms with E-state index in [0.29, 0.717) is 37.5 Å². The molecule has 1 aliphatic heterocycles. The molecule has 5 rings (SSSR count). The van der Waals surface area contributed by atoms with Crippen LogP contribution in [-0.4, -0.2) is 71.1 Å². The highest BCUT2D eigenvalue weighted by atomic mass is 16.2. The van der Waals surface area contributed by atoms with Gasteiger partial charge in [0.15, 0.2) is 5.65 Å². The Morgan fingerprint density at radius 1 is 1.07 bits per heavy atom. The Kier molecular flexibility index (Phi) is 4.34. The molecule has 0 saturated carbocycles. The van der Waals surface area contributed by atoms with Crippen molar-refractivity contribution >= 4 is 28.7 Å². The van der Waals surface area contributed by atoms with Crippen molar-refractivity contribution in [1.29, 1.82) is 0 Å². The molecule has 154 valence electrons. The average Bonchev–Trinajstić information content (AvgIpc) is 3.39. The lowest BCUT2D eigenvalue weighted by Gasteiger charge is -2.36. The van der Waals surface area contributed by atoms with Gasteiger partial charge in [0.25, 0.3) is 11.7 Å². The number of nitrogens with zero attached hydrogens (tertiary/aromatic N) is 9. The van der Waals surface area contributed by atoms with Gasteiger partial charge in [-0.05, 0) is 26.8 Å². The number of piperazine rings is 1. The standard InChI is InChI=1S/C20H23N9O/c1-13(2)28-12-23-16-9-15(10-21-18(16)28)19(30)27-6-4-26(5-7-27)17-8-14(3)25-20-22-11-24-29(17)20/h8-13H,4-7H2,1-3H3. The molecular formula is C20H23N9O. The number of hydrogen-bond acceptors (Lipinski definition) is 7. The van der Waals surface area contributed by atoms with E-state index in [1.54, 1.807) is 17.0 Å². The van der Waals surface area contributed by atoms with Crippen LogP contribution in [0.5, 0.6) is 0 Å². The van der Waals surface area contributed by atoms with E-state index in [1.807, 2.05) is 28.5 Å². The summed E-state index contributed by atoms with van der Waals surface area (Å²) in [6.07, 6.45) is 4.94. The summed E-state index contributed by atoms with van der Waals surface area (Å²) >= 11 is 0. The summed E-state index contributed by atoms with van der Waals surface area (Å²) in [5.74, 6) is 1.52. The van der Waals surface area contributed by atoms with E-state index in [1.165, 1.54) is 6.33 Å². The van der Waals surface area contributed by atoms with Crippen LogP contribution >= 0.6 is 0 Å². The minimum Gasteiger partial charge on any atom is -0.353 e. The summed E-state index contributed by atoms with van der Waals surface area (Å²) in [6.45, 7) is 8.77. The van der Waals surface area contributed by atoms with Crippen LogP contribution in [-0.2, 0) is 0 Å². The number of hydrogen-bond donors (Lipinski definition) is 0. The van der Waals surface area contributed by atoms with Gasteiger partial charge in [0, 0.05) is 50.2 Å². The molecule has 0 N–H and O–H groups in total. The van der Waals surface area contributed by atoms with Gasteiger partial charge in [-0.25, -0.2) is 15.0 Å². The highest BCUT2D eigenvalue weighted by Crippen LogP contribution is 2.20. The molecule has 0 aliphatic carbocycles. The van der Waals surface area contributed by atoms with Crippen molar-refractivity contribution in [2.75, 3.05) is 31.1 Å². The van der Waals surface area contributed by atoms with Crippen molar-refractivity contribution in [2.24, 2.45) is 0 Å². The first-order chi connectivity index (χ1) is 14.5. The van der Waals surface area contributed by atoms with E-state index in [-0.39, 0.29) is 11.9 Å². The fourth-order valence-electron chi connectivity index (χ4n) is 3.87. The molecule has 10 heteroatoms. The van der Waals surface area contributed by atoms with Crippen LogP contribution in [0, 0.1) is 6.92 Å². The number of imidazole rings is 1. The maximum absolute atomic E-state index is 13.0. The van der Waals surface area contributed by atoms with E-state index >= 15 is 0 Å². The van der Waals surface area contributed by atoms with Crippen LogP contribution in [0.1, 0.15) is 35.9 Å². The Hall–Kier alpha value is -3.56. The zero-order valence-corrected chi connectivity index (χ0v) is 17.2. The second kappa shape index (κ2) is 7.05. The highest BCUT2D eigenvalue weighted by molar-refractivity contribution is 5.96. The van der Waals surface area contributed by atoms with E-state index in [0.717, 1.165) is 22.7 Å². The third-order valence-electron chi connectivity index (χ3n) is 5.47. The minimum atomic E-state index is -0.0139. The normalized spacial score (nSPS) is 14.9. The molecule has 0 bridgehead atoms. The lowest BCUT2D eigenvalue weighted by Crippen LogP contribution is -2.49. The SMILES string of the molecule is Cc1cc(N2CCN(C(=O)c3cnc4c(c3)ncn4C(C)C)CC2)n2ncnc2n1. The molecule has 1 fully saturated rings. The Morgan fingerprint density at radius 2 is 1.87 bits per heavy atom. The number of anilines is 1. The van der Waals surface area contributed by atoms with Gasteiger partial charge in [0.1, 0.15) is 17.7 Å². The van der Waals surface area contributed by atoms with Gasteiger partial charge in [-0.2, -0.15) is 14.6 Å². The van der Waals surface area contributed by atoms with Gasteiger partial charge in [-0.1, -0.05) is 0 Å². The first kappa shape index (κ1) is 18.5. The predicted octanol–water partition coefficient (Wildman–Crippen LogP) is 1.72. The van der Waals surface area contributed by atoms with Crippen LogP contribution in [0.4, 0.5) is 5.82 Å². The molecule has 0 atom stereocenters. The van der Waals surface area contributed by atoms with Crippen LogP contribution < -0.4 is 4.90 Å². The first-order valence-corrected chi connectivity index (χ1v) is 10.1. The van der Waals surface area contributed by atoms with Crippen LogP contribution in [0.15, 0.2) is 31.0 Å². The van der Waals surface area contributed by atoms with E-state index in [2.05, 4.69) is 43.8 Å². The summed E-state index contributed by atoms with van der Waals surface area (Å²) < 4.78 is 3.75. The van der Waals surface area contributed by atoms with Gasteiger partial charge < -0.3 is 14.4 Å². The van der Waals surface area contributed by atoms with Gasteiger partial charge in [0.2, 0.25) is 0 Å². The second-order valence-corrected chi connectivity index (χ2v) is 7.82. The zero-order valence-electron chi connectivity index (χ0n) is 17.2. The number of pyridine rings is 1. The number of carbonyl (C=O) groups is 1. The van der Waals surface area contributed by atoms with Crippen molar-refractivity contribution in [3.63, 3.8) is 0 Å². The summed E-state index contributed by atoms with van der Waals surface area (Å²) in [5.41, 5.74) is 3.01. The van der Waals surface area contributed by atoms with E-state index in [4.69, 9.17) is 0 Å². The van der Waals surface area contributed by atoms with Crippen molar-refractivity contribution in [2.45, 2.75) is 26.8 Å². The molecule has 1 amide bonds. The molecule has 1 aliphatic rings. The smallest absolute Gasteiger partial charge is 0.255 e. The molecule has 0 radical (unpaired) electrons. The zero-order chi connectivity index (χ0) is 20.8. The quantitative estimate of drug-likeness (QED) is 0.512. The second-order valence-electron chi connectivity index (χ2n) is 7.82. The molecule has 10 nitrogen and oxygen atoms in total. The molecule has 4 aromatic rings. The Labute approximate surface area is 173 Å². The predicted molar refractivity (Wildman–Crippen MR) is 112 cm³/mol. The molecule has 30 heavy (non-hydrogen) atoms. The van der Waals surface area contributed by atoms with Gasteiger partial charge in [-0.15, -0.1) is 0 Å². The van der Waals surface area contributed by atoms with Crippen molar-refractivity contribution in [3.8, 4) is 0 Å². The van der Waals surface area contributed by atoms with E-state index < -0.39 is 0 Å². The van der Waals surface area contributed by atoms with Gasteiger partial charge >= 0.3 is 0 Å². The molecule has 0 unspecified atom stereocenters. The first-order valence-electron chi connectivity index (χ1n) is 10.1. The van der Waals surface area contributed by atoms with Crippen LogP contribution in [0.3, 0.4) is 0 Å². The van der Waals surface area contributed by atoms with Crippen LogP contribution in [0.25, 0.3) is 16.9 Å². The fraction of sp³-hybridized carbons (Fsp3) is 0.400. The summed E-state index contributed by atoms with van der Waals surface area (Å²) in [6, 6.07) is 4.11. The number of fused-ring (bicyclic) bond motifs is 2. The van der Waals surface area contributed by atoms with E-state index in [9.17, 15) is 4.79 Å².